The molecule has 2 aromatic rings. The van der Waals surface area contributed by atoms with Crippen molar-refractivity contribution >= 4 is 23.2 Å². The lowest BCUT2D eigenvalue weighted by atomic mass is 9.89. The number of aryl methyl sites for hydroxylation is 2. The predicted octanol–water partition coefficient (Wildman–Crippen LogP) is 5.91. The lowest BCUT2D eigenvalue weighted by molar-refractivity contribution is 0.0493. The molecule has 1 amide bonds. The van der Waals surface area contributed by atoms with E-state index in [1.54, 1.807) is 0 Å². The Balaban J connectivity index is 2.01. The lowest BCUT2D eigenvalue weighted by Gasteiger charge is -2.23. The van der Waals surface area contributed by atoms with E-state index in [0.717, 1.165) is 39.3 Å². The predicted molar refractivity (Wildman–Crippen MR) is 124 cm³/mol. The van der Waals surface area contributed by atoms with Crippen molar-refractivity contribution in [3.05, 3.63) is 26.8 Å². The topological polar surface area (TPSA) is 90.7 Å². The number of alkyl carbamates (subject to hydrolysis) is 1. The number of carbonyl (C=O) groups excluding carboxylic acids is 2. The normalized spacial score (nSPS) is 16.1. The van der Waals surface area contributed by atoms with Crippen molar-refractivity contribution in [2.45, 2.75) is 79.4 Å². The van der Waals surface area contributed by atoms with Crippen LogP contribution in [0.3, 0.4) is 0 Å². The highest BCUT2D eigenvalue weighted by Gasteiger charge is 2.33. The van der Waals surface area contributed by atoms with Gasteiger partial charge in [0.15, 0.2) is 11.5 Å². The van der Waals surface area contributed by atoms with Crippen LogP contribution in [0.25, 0.3) is 11.1 Å². The number of thiophene rings is 1. The Kier molecular flexibility index (Phi) is 7.45. The van der Waals surface area contributed by atoms with Crippen LogP contribution in [0.5, 0.6) is 0 Å². The number of ether oxygens (including phenoxy) is 2. The van der Waals surface area contributed by atoms with E-state index in [4.69, 9.17) is 14.0 Å². The van der Waals surface area contributed by atoms with Crippen LogP contribution in [0.2, 0.25) is 0 Å². The minimum absolute atomic E-state index is 0.0366. The fraction of sp³-hybridized carbons (Fsp3) is 0.625. The minimum atomic E-state index is -0.604. The van der Waals surface area contributed by atoms with Crippen LogP contribution in [-0.4, -0.2) is 35.8 Å². The second kappa shape index (κ2) is 9.75. The maximum absolute atomic E-state index is 13.5. The highest BCUT2D eigenvalue weighted by atomic mass is 32.1. The molecule has 2 aromatic heterocycles. The van der Waals surface area contributed by atoms with Crippen molar-refractivity contribution in [1.29, 1.82) is 0 Å². The van der Waals surface area contributed by atoms with Crippen molar-refractivity contribution in [2.24, 2.45) is 5.92 Å². The third kappa shape index (κ3) is 5.23. The SMILES string of the molecule is CC[C@H](NC(=O)OC(C)(C)C)c1onc(C)c1-c1c(C(=O)C2CCOCC2)sc(C)c1C. The summed E-state index contributed by atoms with van der Waals surface area (Å²) < 4.78 is 16.6. The number of aromatic nitrogens is 1. The third-order valence-electron chi connectivity index (χ3n) is 5.76. The number of nitrogens with one attached hydrogen (secondary N) is 1. The number of Topliss-reactive ketones (excluding diaryl/α,β-unsaturated/α-hetero) is 1. The van der Waals surface area contributed by atoms with E-state index < -0.39 is 17.7 Å². The summed E-state index contributed by atoms with van der Waals surface area (Å²) in [6.07, 6.45) is 1.55. The highest BCUT2D eigenvalue weighted by molar-refractivity contribution is 7.14. The average molecular weight is 463 g/mol. The molecule has 1 N–H and O–H groups in total. The molecule has 0 spiro atoms. The first-order valence-electron chi connectivity index (χ1n) is 11.2. The summed E-state index contributed by atoms with van der Waals surface area (Å²) in [5.74, 6) is 0.674. The Labute approximate surface area is 193 Å². The second-order valence-electron chi connectivity index (χ2n) is 9.35. The molecule has 0 radical (unpaired) electrons. The first kappa shape index (κ1) is 24.5. The molecule has 0 unspecified atom stereocenters. The molecular weight excluding hydrogens is 428 g/mol. The molecule has 3 rings (SSSR count). The van der Waals surface area contributed by atoms with Gasteiger partial charge in [-0.25, -0.2) is 4.79 Å². The van der Waals surface area contributed by atoms with Gasteiger partial charge in [-0.05, 0) is 66.4 Å². The summed E-state index contributed by atoms with van der Waals surface area (Å²) in [4.78, 5) is 27.8. The molecule has 0 aliphatic carbocycles. The summed E-state index contributed by atoms with van der Waals surface area (Å²) in [7, 11) is 0. The summed E-state index contributed by atoms with van der Waals surface area (Å²) in [5, 5.41) is 7.12. The van der Waals surface area contributed by atoms with Gasteiger partial charge in [-0.3, -0.25) is 4.79 Å². The van der Waals surface area contributed by atoms with Crippen molar-refractivity contribution in [2.75, 3.05) is 13.2 Å². The second-order valence-corrected chi connectivity index (χ2v) is 10.6. The fourth-order valence-electron chi connectivity index (χ4n) is 3.98. The summed E-state index contributed by atoms with van der Waals surface area (Å²) in [5.41, 5.74) is 2.82. The van der Waals surface area contributed by atoms with Crippen LogP contribution >= 0.6 is 11.3 Å². The fourth-order valence-corrected chi connectivity index (χ4v) is 5.16. The zero-order valence-electron chi connectivity index (χ0n) is 20.1. The molecule has 0 saturated carbocycles. The van der Waals surface area contributed by atoms with Gasteiger partial charge in [0.1, 0.15) is 5.60 Å². The Morgan fingerprint density at radius 1 is 1.19 bits per heavy atom. The van der Waals surface area contributed by atoms with E-state index in [9.17, 15) is 9.59 Å². The van der Waals surface area contributed by atoms with E-state index >= 15 is 0 Å². The zero-order valence-corrected chi connectivity index (χ0v) is 20.9. The Bertz CT molecular complexity index is 979. The molecule has 1 fully saturated rings. The van der Waals surface area contributed by atoms with Gasteiger partial charge >= 0.3 is 6.09 Å². The number of hydrogen-bond acceptors (Lipinski definition) is 7. The first-order valence-corrected chi connectivity index (χ1v) is 12.0. The lowest BCUT2D eigenvalue weighted by Crippen LogP contribution is -2.34. The van der Waals surface area contributed by atoms with Crippen LogP contribution in [0.4, 0.5) is 4.79 Å². The van der Waals surface area contributed by atoms with E-state index in [-0.39, 0.29) is 11.7 Å². The average Bonchev–Trinajstić information content (AvgIpc) is 3.24. The Hall–Kier alpha value is -2.19. The van der Waals surface area contributed by atoms with Gasteiger partial charge < -0.3 is 19.3 Å². The quantitative estimate of drug-likeness (QED) is 0.536. The van der Waals surface area contributed by atoms with E-state index in [2.05, 4.69) is 10.5 Å². The number of amides is 1. The number of hydrogen-bond donors (Lipinski definition) is 1. The van der Waals surface area contributed by atoms with Crippen LogP contribution in [0, 0.1) is 26.7 Å². The van der Waals surface area contributed by atoms with Crippen LogP contribution in [0.15, 0.2) is 4.52 Å². The van der Waals surface area contributed by atoms with E-state index in [1.807, 2.05) is 48.5 Å². The maximum atomic E-state index is 13.5. The molecule has 1 aliphatic heterocycles. The van der Waals surface area contributed by atoms with Crippen LogP contribution < -0.4 is 5.32 Å². The van der Waals surface area contributed by atoms with E-state index in [0.29, 0.717) is 31.1 Å². The van der Waals surface area contributed by atoms with Crippen LogP contribution in [-0.2, 0) is 9.47 Å². The monoisotopic (exact) mass is 462 g/mol. The maximum Gasteiger partial charge on any atom is 0.408 e. The van der Waals surface area contributed by atoms with Gasteiger partial charge in [0, 0.05) is 29.6 Å². The van der Waals surface area contributed by atoms with Gasteiger partial charge in [0.05, 0.1) is 22.2 Å². The van der Waals surface area contributed by atoms with Crippen molar-refractivity contribution in [3.63, 3.8) is 0 Å². The molecule has 0 bridgehead atoms. The molecule has 3 heterocycles. The Morgan fingerprint density at radius 2 is 1.84 bits per heavy atom. The third-order valence-corrected chi connectivity index (χ3v) is 6.98. The van der Waals surface area contributed by atoms with Gasteiger partial charge in [0.25, 0.3) is 0 Å². The van der Waals surface area contributed by atoms with Crippen molar-refractivity contribution < 1.29 is 23.6 Å². The summed E-state index contributed by atoms with van der Waals surface area (Å²) in [6.45, 7) is 14.6. The minimum Gasteiger partial charge on any atom is -0.444 e. The number of nitrogens with zero attached hydrogens (tertiary/aromatic N) is 1. The standard InChI is InChI=1S/C24H34N2O5S/c1-8-17(25-23(28)30-24(5,6)7)21-19(14(3)26-31-21)18-13(2)15(4)32-22(18)20(27)16-9-11-29-12-10-16/h16-17H,8-12H2,1-7H3,(H,25,28)/t17-/m0/s1. The van der Waals surface area contributed by atoms with Gasteiger partial charge in [-0.2, -0.15) is 0 Å². The van der Waals surface area contributed by atoms with Gasteiger partial charge in [0.2, 0.25) is 0 Å². The van der Waals surface area contributed by atoms with E-state index in [1.165, 1.54) is 11.3 Å². The molecule has 7 nitrogen and oxygen atoms in total. The van der Waals surface area contributed by atoms with Gasteiger partial charge in [-0.1, -0.05) is 12.1 Å². The smallest absolute Gasteiger partial charge is 0.408 e. The molecule has 1 atom stereocenters. The molecule has 1 aliphatic rings. The van der Waals surface area contributed by atoms with Crippen molar-refractivity contribution in [3.8, 4) is 11.1 Å². The number of ketones is 1. The highest BCUT2D eigenvalue weighted by Crippen LogP contribution is 2.43. The molecule has 0 aromatic carbocycles. The molecule has 176 valence electrons. The number of rotatable bonds is 6. The summed E-state index contributed by atoms with van der Waals surface area (Å²) in [6, 6.07) is -0.424. The molecule has 32 heavy (non-hydrogen) atoms. The first-order chi connectivity index (χ1) is 15.0. The molecule has 1 saturated heterocycles. The largest absolute Gasteiger partial charge is 0.444 e. The number of carbonyl (C=O) groups is 2. The Morgan fingerprint density at radius 3 is 2.44 bits per heavy atom. The summed E-state index contributed by atoms with van der Waals surface area (Å²) >= 11 is 1.53. The molecule has 8 heteroatoms. The zero-order chi connectivity index (χ0) is 23.6. The van der Waals surface area contributed by atoms with Gasteiger partial charge in [-0.15, -0.1) is 11.3 Å². The van der Waals surface area contributed by atoms with Crippen LogP contribution in [0.1, 0.15) is 84.6 Å². The molecular formula is C24H34N2O5S. The van der Waals surface area contributed by atoms with Crippen molar-refractivity contribution in [1.82, 2.24) is 10.5 Å².